The molecule has 0 bridgehead atoms. The molecule has 21 heavy (non-hydrogen) atoms. The van der Waals surface area contributed by atoms with Crippen LogP contribution in [0.4, 0.5) is 13.2 Å². The summed E-state index contributed by atoms with van der Waals surface area (Å²) in [5, 5.41) is 2.81. The number of amides is 1. The molecule has 2 fully saturated rings. The third-order valence-corrected chi connectivity index (χ3v) is 4.20. The van der Waals surface area contributed by atoms with Gasteiger partial charge in [0.2, 0.25) is 5.91 Å². The number of alkyl halides is 3. The van der Waals surface area contributed by atoms with Crippen LogP contribution in [-0.2, 0) is 9.53 Å². The van der Waals surface area contributed by atoms with Gasteiger partial charge in [0.25, 0.3) is 0 Å². The highest BCUT2D eigenvalue weighted by atomic mass is 35.5. The summed E-state index contributed by atoms with van der Waals surface area (Å²) in [6, 6.07) is -0.165. The van der Waals surface area contributed by atoms with Crippen LogP contribution in [0.3, 0.4) is 0 Å². The van der Waals surface area contributed by atoms with E-state index in [9.17, 15) is 18.0 Å². The van der Waals surface area contributed by atoms with E-state index in [-0.39, 0.29) is 43.3 Å². The Morgan fingerprint density at radius 1 is 1.14 bits per heavy atom. The first kappa shape index (κ1) is 18.5. The van der Waals surface area contributed by atoms with Crippen LogP contribution in [0.5, 0.6) is 0 Å². The zero-order chi connectivity index (χ0) is 14.8. The number of nitrogens with two attached hydrogens (primary N) is 1. The summed E-state index contributed by atoms with van der Waals surface area (Å²) in [6.45, 7) is 0.389. The lowest BCUT2D eigenvalue weighted by Gasteiger charge is -2.30. The minimum Gasteiger partial charge on any atom is -0.364 e. The molecule has 1 saturated carbocycles. The second-order valence-corrected chi connectivity index (χ2v) is 5.66. The maximum absolute atomic E-state index is 12.5. The molecule has 4 nitrogen and oxygen atoms in total. The predicted molar refractivity (Wildman–Crippen MR) is 74.1 cm³/mol. The first-order chi connectivity index (χ1) is 9.40. The first-order valence-corrected chi connectivity index (χ1v) is 7.12. The number of carbonyl (C=O) groups is 1. The van der Waals surface area contributed by atoms with E-state index < -0.39 is 18.2 Å². The molecule has 1 amide bonds. The van der Waals surface area contributed by atoms with E-state index in [4.69, 9.17) is 10.5 Å². The van der Waals surface area contributed by atoms with Crippen LogP contribution >= 0.6 is 12.4 Å². The zero-order valence-corrected chi connectivity index (χ0v) is 12.5. The molecule has 3 N–H and O–H groups in total. The summed E-state index contributed by atoms with van der Waals surface area (Å²) in [7, 11) is 0. The Kier molecular flexibility index (Phi) is 6.74. The largest absolute Gasteiger partial charge is 0.391 e. The van der Waals surface area contributed by atoms with Crippen molar-refractivity contribution in [2.45, 2.75) is 63.0 Å². The molecular formula is C13H22ClF3N2O2. The number of rotatable bonds is 3. The van der Waals surface area contributed by atoms with Crippen molar-refractivity contribution < 1.29 is 22.7 Å². The van der Waals surface area contributed by atoms with Crippen molar-refractivity contribution in [2.75, 3.05) is 6.54 Å². The van der Waals surface area contributed by atoms with Crippen molar-refractivity contribution in [3.8, 4) is 0 Å². The summed E-state index contributed by atoms with van der Waals surface area (Å²) in [4.78, 5) is 12.0. The van der Waals surface area contributed by atoms with Crippen LogP contribution in [0.2, 0.25) is 0 Å². The Labute approximate surface area is 128 Å². The Balaban J connectivity index is 0.00000220. The smallest absolute Gasteiger partial charge is 0.364 e. The van der Waals surface area contributed by atoms with Crippen LogP contribution < -0.4 is 11.1 Å². The average Bonchev–Trinajstić information content (AvgIpc) is 2.87. The average molecular weight is 331 g/mol. The topological polar surface area (TPSA) is 64.4 Å². The summed E-state index contributed by atoms with van der Waals surface area (Å²) >= 11 is 0. The number of halogens is 4. The van der Waals surface area contributed by atoms with Gasteiger partial charge in [-0.2, -0.15) is 13.2 Å². The van der Waals surface area contributed by atoms with E-state index in [1.807, 2.05) is 0 Å². The molecule has 124 valence electrons. The van der Waals surface area contributed by atoms with Crippen molar-refractivity contribution in [3.63, 3.8) is 0 Å². The van der Waals surface area contributed by atoms with Gasteiger partial charge in [0.1, 0.15) is 6.10 Å². The molecule has 0 spiro atoms. The third kappa shape index (κ3) is 5.00. The predicted octanol–water partition coefficient (Wildman–Crippen LogP) is 2.15. The molecule has 0 aromatic rings. The van der Waals surface area contributed by atoms with Crippen LogP contribution in [-0.4, -0.2) is 36.9 Å². The summed E-state index contributed by atoms with van der Waals surface area (Å²) < 4.78 is 43.1. The monoisotopic (exact) mass is 330 g/mol. The van der Waals surface area contributed by atoms with E-state index in [0.29, 0.717) is 25.8 Å². The van der Waals surface area contributed by atoms with E-state index in [1.165, 1.54) is 0 Å². The number of hydrogen-bond acceptors (Lipinski definition) is 3. The van der Waals surface area contributed by atoms with Crippen molar-refractivity contribution in [1.29, 1.82) is 0 Å². The van der Waals surface area contributed by atoms with Crippen molar-refractivity contribution in [2.24, 2.45) is 11.7 Å². The quantitative estimate of drug-likeness (QED) is 0.833. The van der Waals surface area contributed by atoms with Crippen molar-refractivity contribution in [1.82, 2.24) is 5.32 Å². The van der Waals surface area contributed by atoms with Crippen molar-refractivity contribution in [3.05, 3.63) is 0 Å². The van der Waals surface area contributed by atoms with Crippen LogP contribution in [0, 0.1) is 5.92 Å². The molecule has 0 aromatic carbocycles. The molecule has 1 aliphatic carbocycles. The lowest BCUT2D eigenvalue weighted by atomic mass is 9.85. The Bertz CT molecular complexity index is 347. The van der Waals surface area contributed by atoms with Gasteiger partial charge in [-0.25, -0.2) is 0 Å². The molecule has 2 atom stereocenters. The molecule has 0 aromatic heterocycles. The minimum absolute atomic E-state index is 0. The van der Waals surface area contributed by atoms with E-state index in [2.05, 4.69) is 5.32 Å². The molecule has 2 rings (SSSR count). The van der Waals surface area contributed by atoms with Gasteiger partial charge in [-0.3, -0.25) is 4.79 Å². The minimum atomic E-state index is -4.11. The molecule has 2 aliphatic rings. The maximum atomic E-state index is 12.5. The van der Waals surface area contributed by atoms with Gasteiger partial charge in [-0.05, 0) is 38.5 Å². The summed E-state index contributed by atoms with van der Waals surface area (Å²) in [5.74, 6) is -1.43. The third-order valence-electron chi connectivity index (χ3n) is 4.20. The number of ether oxygens (including phenoxy) is 1. The Morgan fingerprint density at radius 3 is 2.24 bits per heavy atom. The fourth-order valence-electron chi connectivity index (χ4n) is 2.93. The zero-order valence-electron chi connectivity index (χ0n) is 11.7. The second kappa shape index (κ2) is 7.65. The number of hydrogen-bond donors (Lipinski definition) is 2. The fourth-order valence-corrected chi connectivity index (χ4v) is 2.93. The van der Waals surface area contributed by atoms with E-state index in [1.54, 1.807) is 0 Å². The van der Waals surface area contributed by atoms with Crippen molar-refractivity contribution >= 4 is 18.3 Å². The Morgan fingerprint density at radius 2 is 1.76 bits per heavy atom. The van der Waals surface area contributed by atoms with Gasteiger partial charge >= 0.3 is 6.18 Å². The highest BCUT2D eigenvalue weighted by Gasteiger charge is 2.42. The number of nitrogens with one attached hydrogen (secondary N) is 1. The van der Waals surface area contributed by atoms with Gasteiger partial charge in [0.15, 0.2) is 0 Å². The first-order valence-electron chi connectivity index (χ1n) is 7.12. The molecule has 0 unspecified atom stereocenters. The molecule has 0 radical (unpaired) electrons. The number of carbonyl (C=O) groups excluding carboxylic acids is 1. The van der Waals surface area contributed by atoms with E-state index in [0.717, 1.165) is 6.42 Å². The van der Waals surface area contributed by atoms with Crippen LogP contribution in [0.15, 0.2) is 0 Å². The summed E-state index contributed by atoms with van der Waals surface area (Å²) in [5.41, 5.74) is 5.47. The summed E-state index contributed by atoms with van der Waals surface area (Å²) in [6.07, 6.45) is -2.36. The van der Waals surface area contributed by atoms with Gasteiger partial charge in [0, 0.05) is 12.6 Å². The Hall–Kier alpha value is -0.530. The lowest BCUT2D eigenvalue weighted by Crippen LogP contribution is -2.44. The highest BCUT2D eigenvalue weighted by Crippen LogP contribution is 2.37. The fraction of sp³-hybridized carbons (Fsp3) is 0.923. The molecule has 1 heterocycles. The second-order valence-electron chi connectivity index (χ2n) is 5.66. The highest BCUT2D eigenvalue weighted by molar-refractivity contribution is 5.85. The van der Waals surface area contributed by atoms with Gasteiger partial charge in [-0.15, -0.1) is 12.4 Å². The molecular weight excluding hydrogens is 309 g/mol. The van der Waals surface area contributed by atoms with Gasteiger partial charge < -0.3 is 15.8 Å². The molecule has 1 saturated heterocycles. The SMILES string of the molecule is Cl.NC[C@H]1CC[C@@H](C(=O)NC2CCC(C(F)(F)F)CC2)O1. The van der Waals surface area contributed by atoms with Gasteiger partial charge in [0.05, 0.1) is 12.0 Å². The normalized spacial score (nSPS) is 33.3. The van der Waals surface area contributed by atoms with E-state index >= 15 is 0 Å². The standard InChI is InChI=1S/C13H21F3N2O2.ClH/c14-13(15,16)8-1-3-9(4-2-8)18-12(19)11-6-5-10(7-17)20-11;/h8-11H,1-7,17H2,(H,18,19);1H/t8?,9?,10-,11+;/m1./s1. The maximum Gasteiger partial charge on any atom is 0.391 e. The van der Waals surface area contributed by atoms with Crippen LogP contribution in [0.25, 0.3) is 0 Å². The van der Waals surface area contributed by atoms with Gasteiger partial charge in [-0.1, -0.05) is 0 Å². The molecule has 1 aliphatic heterocycles. The van der Waals surface area contributed by atoms with Crippen LogP contribution in [0.1, 0.15) is 38.5 Å². The molecule has 8 heteroatoms. The lowest BCUT2D eigenvalue weighted by molar-refractivity contribution is -0.182.